The maximum Gasteiger partial charge on any atom is 0.218 e. The van der Waals surface area contributed by atoms with Crippen LogP contribution in [0.1, 0.15) is 11.4 Å². The van der Waals surface area contributed by atoms with E-state index in [2.05, 4.69) is 15.0 Å². The molecule has 152 valence electrons. The fourth-order valence-electron chi connectivity index (χ4n) is 3.36. The van der Waals surface area contributed by atoms with Gasteiger partial charge in [-0.3, -0.25) is 4.57 Å². The fraction of sp³-hybridized carbons (Fsp3) is 0.316. The highest BCUT2D eigenvalue weighted by Gasteiger charge is 2.28. The number of aromatic nitrogens is 4. The average Bonchev–Trinajstić information content (AvgIpc) is 3.16. The number of benzene rings is 1. The Balaban J connectivity index is 1.44. The summed E-state index contributed by atoms with van der Waals surface area (Å²) < 4.78 is 42.5. The topological polar surface area (TPSA) is 84.2 Å². The summed E-state index contributed by atoms with van der Waals surface area (Å²) >= 11 is 0. The standard InChI is InChI=1S/C19H21FN6O2S/c1-15-21-6-7-26(15)19-12-18(22-14-23-19)24-8-10-25(11-9-24)29(27,28)13-16-4-2-3-5-17(16)20/h2-7,12,14H,8-11,13H2,1H3. The Bertz CT molecular complexity index is 1110. The number of sulfonamides is 1. The van der Waals surface area contributed by atoms with Crippen molar-refractivity contribution in [2.75, 3.05) is 31.1 Å². The molecule has 0 atom stereocenters. The van der Waals surface area contributed by atoms with Gasteiger partial charge in [0, 0.05) is 50.2 Å². The predicted octanol–water partition coefficient (Wildman–Crippen LogP) is 1.76. The number of rotatable bonds is 5. The van der Waals surface area contributed by atoms with Crippen LogP contribution in [0.3, 0.4) is 0 Å². The van der Waals surface area contributed by atoms with Crippen LogP contribution in [0.4, 0.5) is 10.2 Å². The maximum absolute atomic E-state index is 13.8. The van der Waals surface area contributed by atoms with Gasteiger partial charge in [0.05, 0.1) is 5.75 Å². The van der Waals surface area contributed by atoms with E-state index in [1.165, 1.54) is 22.8 Å². The molecular weight excluding hydrogens is 395 g/mol. The van der Waals surface area contributed by atoms with Gasteiger partial charge in [-0.1, -0.05) is 18.2 Å². The number of hydrogen-bond acceptors (Lipinski definition) is 6. The molecule has 0 aliphatic carbocycles. The summed E-state index contributed by atoms with van der Waals surface area (Å²) in [7, 11) is -3.59. The molecule has 1 saturated heterocycles. The van der Waals surface area contributed by atoms with Crippen LogP contribution in [0.15, 0.2) is 49.1 Å². The summed E-state index contributed by atoms with van der Waals surface area (Å²) in [5.41, 5.74) is 0.186. The second-order valence-corrected chi connectivity index (χ2v) is 8.78. The number of nitrogens with zero attached hydrogens (tertiary/aromatic N) is 6. The molecule has 0 unspecified atom stereocenters. The lowest BCUT2D eigenvalue weighted by molar-refractivity contribution is 0.383. The molecular formula is C19H21FN6O2S. The minimum Gasteiger partial charge on any atom is -0.354 e. The smallest absolute Gasteiger partial charge is 0.218 e. The van der Waals surface area contributed by atoms with Gasteiger partial charge in [0.15, 0.2) is 0 Å². The summed E-state index contributed by atoms with van der Waals surface area (Å²) in [5.74, 6) is 1.42. The number of anilines is 1. The van der Waals surface area contributed by atoms with E-state index < -0.39 is 15.8 Å². The van der Waals surface area contributed by atoms with E-state index in [0.717, 1.165) is 11.6 Å². The highest BCUT2D eigenvalue weighted by atomic mass is 32.2. The second kappa shape index (κ2) is 7.88. The van der Waals surface area contributed by atoms with Crippen LogP contribution in [0.5, 0.6) is 0 Å². The molecule has 0 amide bonds. The molecule has 0 saturated carbocycles. The van der Waals surface area contributed by atoms with Crippen molar-refractivity contribution in [2.24, 2.45) is 0 Å². The Kier molecular flexibility index (Phi) is 5.29. The van der Waals surface area contributed by atoms with Crippen molar-refractivity contribution in [3.63, 3.8) is 0 Å². The molecule has 3 heterocycles. The molecule has 1 fully saturated rings. The Labute approximate surface area is 168 Å². The van der Waals surface area contributed by atoms with E-state index in [9.17, 15) is 12.8 Å². The predicted molar refractivity (Wildman–Crippen MR) is 107 cm³/mol. The van der Waals surface area contributed by atoms with Gasteiger partial charge >= 0.3 is 0 Å². The molecule has 1 aliphatic rings. The third-order valence-corrected chi connectivity index (χ3v) is 6.79. The molecule has 0 bridgehead atoms. The van der Waals surface area contributed by atoms with Gasteiger partial charge in [0.25, 0.3) is 0 Å². The van der Waals surface area contributed by atoms with Gasteiger partial charge in [-0.15, -0.1) is 0 Å². The van der Waals surface area contributed by atoms with E-state index in [1.54, 1.807) is 18.3 Å². The van der Waals surface area contributed by atoms with Gasteiger partial charge < -0.3 is 4.90 Å². The number of hydrogen-bond donors (Lipinski definition) is 0. The number of piperazine rings is 1. The lowest BCUT2D eigenvalue weighted by atomic mass is 10.2. The zero-order valence-corrected chi connectivity index (χ0v) is 16.8. The largest absolute Gasteiger partial charge is 0.354 e. The SMILES string of the molecule is Cc1nccn1-c1cc(N2CCN(S(=O)(=O)Cc3ccccc3F)CC2)ncn1. The lowest BCUT2D eigenvalue weighted by Crippen LogP contribution is -2.49. The third kappa shape index (κ3) is 4.13. The van der Waals surface area contributed by atoms with Gasteiger partial charge in [-0.05, 0) is 13.0 Å². The number of aryl methyl sites for hydroxylation is 1. The molecule has 1 aromatic carbocycles. The van der Waals surface area contributed by atoms with Crippen molar-refractivity contribution >= 4 is 15.8 Å². The van der Waals surface area contributed by atoms with E-state index in [-0.39, 0.29) is 11.3 Å². The van der Waals surface area contributed by atoms with Crippen molar-refractivity contribution < 1.29 is 12.8 Å². The zero-order valence-electron chi connectivity index (χ0n) is 15.9. The molecule has 0 N–H and O–H groups in total. The number of halogens is 1. The summed E-state index contributed by atoms with van der Waals surface area (Å²) in [4.78, 5) is 14.8. The Hall–Kier alpha value is -2.85. The molecule has 1 aliphatic heterocycles. The van der Waals surface area contributed by atoms with Crippen LogP contribution in [-0.2, 0) is 15.8 Å². The van der Waals surface area contributed by atoms with Crippen molar-refractivity contribution in [2.45, 2.75) is 12.7 Å². The fourth-order valence-corrected chi connectivity index (χ4v) is 4.89. The molecule has 0 spiro atoms. The monoisotopic (exact) mass is 416 g/mol. The van der Waals surface area contributed by atoms with E-state index in [0.29, 0.717) is 32.0 Å². The van der Waals surface area contributed by atoms with E-state index in [1.807, 2.05) is 28.7 Å². The van der Waals surface area contributed by atoms with Gasteiger partial charge in [-0.25, -0.2) is 27.8 Å². The Morgan fingerprint density at radius 1 is 1.03 bits per heavy atom. The first-order valence-electron chi connectivity index (χ1n) is 9.22. The molecule has 8 nitrogen and oxygen atoms in total. The minimum absolute atomic E-state index is 0.186. The molecule has 10 heteroatoms. The highest BCUT2D eigenvalue weighted by Crippen LogP contribution is 2.20. The highest BCUT2D eigenvalue weighted by molar-refractivity contribution is 7.88. The van der Waals surface area contributed by atoms with Crippen LogP contribution in [0, 0.1) is 12.7 Å². The molecule has 3 aromatic rings. The second-order valence-electron chi connectivity index (χ2n) is 6.81. The molecule has 0 radical (unpaired) electrons. The number of imidazole rings is 1. The molecule has 2 aromatic heterocycles. The first kappa shape index (κ1) is 19.5. The molecule has 4 rings (SSSR count). The van der Waals surface area contributed by atoms with Crippen LogP contribution in [0.2, 0.25) is 0 Å². The summed E-state index contributed by atoms with van der Waals surface area (Å²) in [6.07, 6.45) is 5.02. The Morgan fingerprint density at radius 2 is 1.76 bits per heavy atom. The first-order chi connectivity index (χ1) is 13.9. The van der Waals surface area contributed by atoms with Crippen LogP contribution in [0.25, 0.3) is 5.82 Å². The van der Waals surface area contributed by atoms with Crippen LogP contribution in [-0.4, -0.2) is 58.4 Å². The third-order valence-electron chi connectivity index (χ3n) is 4.96. The van der Waals surface area contributed by atoms with E-state index in [4.69, 9.17) is 0 Å². The maximum atomic E-state index is 13.8. The van der Waals surface area contributed by atoms with Gasteiger partial charge in [0.1, 0.15) is 29.6 Å². The van der Waals surface area contributed by atoms with E-state index >= 15 is 0 Å². The first-order valence-corrected chi connectivity index (χ1v) is 10.8. The zero-order chi connectivity index (χ0) is 20.4. The minimum atomic E-state index is -3.59. The van der Waals surface area contributed by atoms with Gasteiger partial charge in [0.2, 0.25) is 10.0 Å². The average molecular weight is 416 g/mol. The van der Waals surface area contributed by atoms with Crippen molar-refractivity contribution in [3.05, 3.63) is 66.3 Å². The lowest BCUT2D eigenvalue weighted by Gasteiger charge is -2.34. The summed E-state index contributed by atoms with van der Waals surface area (Å²) in [6.45, 7) is 3.52. The van der Waals surface area contributed by atoms with Gasteiger partial charge in [-0.2, -0.15) is 4.31 Å². The van der Waals surface area contributed by atoms with Crippen molar-refractivity contribution in [1.82, 2.24) is 23.8 Å². The van der Waals surface area contributed by atoms with Crippen molar-refractivity contribution in [3.8, 4) is 5.82 Å². The van der Waals surface area contributed by atoms with Crippen LogP contribution >= 0.6 is 0 Å². The normalized spacial score (nSPS) is 15.6. The summed E-state index contributed by atoms with van der Waals surface area (Å²) in [6, 6.07) is 7.82. The van der Waals surface area contributed by atoms with Crippen LogP contribution < -0.4 is 4.90 Å². The van der Waals surface area contributed by atoms with Crippen molar-refractivity contribution in [1.29, 1.82) is 0 Å². The Morgan fingerprint density at radius 3 is 2.45 bits per heavy atom. The molecule has 29 heavy (non-hydrogen) atoms. The summed E-state index contributed by atoms with van der Waals surface area (Å²) in [5, 5.41) is 0. The quantitative estimate of drug-likeness (QED) is 0.630.